The third kappa shape index (κ3) is 3.17. The number of carbonyl (C=O) groups excluding carboxylic acids is 1. The predicted octanol–water partition coefficient (Wildman–Crippen LogP) is 3.22. The fourth-order valence-electron chi connectivity index (χ4n) is 3.12. The van der Waals surface area contributed by atoms with Crippen molar-refractivity contribution in [3.63, 3.8) is 0 Å². The lowest BCUT2D eigenvalue weighted by Gasteiger charge is -2.31. The van der Waals surface area contributed by atoms with E-state index in [1.807, 2.05) is 12.1 Å². The standard InChI is InChI=1S/C18H17FN4O2/c19-14-7-5-12(6-8-14)18(24)23-10-2-3-13(11-23)17-21-16(22-25-17)15-4-1-9-20-15/h1,4-9,13,20H,2-3,10-11H2. The summed E-state index contributed by atoms with van der Waals surface area (Å²) in [5, 5.41) is 4.01. The Hall–Kier alpha value is -2.96. The molecule has 1 atom stereocenters. The largest absolute Gasteiger partial charge is 0.359 e. The van der Waals surface area contributed by atoms with Crippen molar-refractivity contribution < 1.29 is 13.7 Å². The molecule has 1 aromatic carbocycles. The topological polar surface area (TPSA) is 75.0 Å². The number of nitrogens with zero attached hydrogens (tertiary/aromatic N) is 3. The zero-order valence-corrected chi connectivity index (χ0v) is 13.5. The van der Waals surface area contributed by atoms with E-state index in [0.29, 0.717) is 30.4 Å². The van der Waals surface area contributed by atoms with Gasteiger partial charge in [0, 0.05) is 24.8 Å². The highest BCUT2D eigenvalue weighted by Gasteiger charge is 2.29. The van der Waals surface area contributed by atoms with Crippen LogP contribution in [0, 0.1) is 5.82 Å². The summed E-state index contributed by atoms with van der Waals surface area (Å²) in [6, 6.07) is 9.37. The average molecular weight is 340 g/mol. The summed E-state index contributed by atoms with van der Waals surface area (Å²) in [7, 11) is 0. The molecule has 7 heteroatoms. The summed E-state index contributed by atoms with van der Waals surface area (Å²) in [4.78, 5) is 21.9. The predicted molar refractivity (Wildman–Crippen MR) is 88.4 cm³/mol. The highest BCUT2D eigenvalue weighted by Crippen LogP contribution is 2.28. The van der Waals surface area contributed by atoms with Crippen LogP contribution in [0.3, 0.4) is 0 Å². The third-order valence-corrected chi connectivity index (χ3v) is 4.43. The van der Waals surface area contributed by atoms with E-state index in [-0.39, 0.29) is 17.6 Å². The Morgan fingerprint density at radius 3 is 2.88 bits per heavy atom. The number of hydrogen-bond donors (Lipinski definition) is 1. The van der Waals surface area contributed by atoms with Gasteiger partial charge in [-0.15, -0.1) is 0 Å². The first-order valence-corrected chi connectivity index (χ1v) is 8.23. The van der Waals surface area contributed by atoms with Crippen molar-refractivity contribution in [3.05, 3.63) is 59.9 Å². The molecule has 1 N–H and O–H groups in total. The molecule has 1 amide bonds. The van der Waals surface area contributed by atoms with E-state index in [4.69, 9.17) is 4.52 Å². The van der Waals surface area contributed by atoms with E-state index in [0.717, 1.165) is 18.5 Å². The number of hydrogen-bond acceptors (Lipinski definition) is 4. The minimum atomic E-state index is -0.351. The van der Waals surface area contributed by atoms with Crippen molar-refractivity contribution >= 4 is 5.91 Å². The molecule has 0 radical (unpaired) electrons. The maximum absolute atomic E-state index is 13.0. The number of rotatable bonds is 3. The number of benzene rings is 1. The van der Waals surface area contributed by atoms with Crippen LogP contribution in [0.4, 0.5) is 4.39 Å². The maximum Gasteiger partial charge on any atom is 0.253 e. The molecule has 3 aromatic rings. The molecule has 25 heavy (non-hydrogen) atoms. The molecule has 4 rings (SSSR count). The van der Waals surface area contributed by atoms with Gasteiger partial charge >= 0.3 is 0 Å². The summed E-state index contributed by atoms with van der Waals surface area (Å²) >= 11 is 0. The monoisotopic (exact) mass is 340 g/mol. The molecule has 3 heterocycles. The van der Waals surface area contributed by atoms with Crippen LogP contribution in [0.1, 0.15) is 35.0 Å². The van der Waals surface area contributed by atoms with Gasteiger partial charge in [0.2, 0.25) is 11.7 Å². The number of carbonyl (C=O) groups is 1. The maximum atomic E-state index is 13.0. The number of aromatic nitrogens is 3. The summed E-state index contributed by atoms with van der Waals surface area (Å²) in [5.74, 6) is 0.613. The molecule has 1 saturated heterocycles. The lowest BCUT2D eigenvalue weighted by molar-refractivity contribution is 0.0695. The van der Waals surface area contributed by atoms with Gasteiger partial charge in [-0.2, -0.15) is 4.98 Å². The number of H-pyrrole nitrogens is 1. The number of aromatic amines is 1. The lowest BCUT2D eigenvalue weighted by Crippen LogP contribution is -2.39. The summed E-state index contributed by atoms with van der Waals surface area (Å²) in [5.41, 5.74) is 1.28. The van der Waals surface area contributed by atoms with Crippen molar-refractivity contribution in [1.29, 1.82) is 0 Å². The van der Waals surface area contributed by atoms with Crippen LogP contribution in [0.5, 0.6) is 0 Å². The van der Waals surface area contributed by atoms with Crippen molar-refractivity contribution in [3.8, 4) is 11.5 Å². The average Bonchev–Trinajstić information content (AvgIpc) is 3.33. The van der Waals surface area contributed by atoms with Crippen LogP contribution >= 0.6 is 0 Å². The number of likely N-dealkylation sites (tertiary alicyclic amines) is 1. The Morgan fingerprint density at radius 2 is 2.12 bits per heavy atom. The van der Waals surface area contributed by atoms with Crippen LogP contribution in [0.2, 0.25) is 0 Å². The summed E-state index contributed by atoms with van der Waals surface area (Å²) < 4.78 is 18.4. The molecule has 0 aliphatic carbocycles. The zero-order chi connectivity index (χ0) is 17.2. The fraction of sp³-hybridized carbons (Fsp3) is 0.278. The molecule has 1 fully saturated rings. The van der Waals surface area contributed by atoms with E-state index in [1.165, 1.54) is 24.3 Å². The van der Waals surface area contributed by atoms with Gasteiger partial charge in [0.25, 0.3) is 5.91 Å². The van der Waals surface area contributed by atoms with Crippen LogP contribution in [-0.4, -0.2) is 39.0 Å². The molecule has 6 nitrogen and oxygen atoms in total. The second kappa shape index (κ2) is 6.51. The number of piperidine rings is 1. The second-order valence-corrected chi connectivity index (χ2v) is 6.14. The van der Waals surface area contributed by atoms with Crippen molar-refractivity contribution in [1.82, 2.24) is 20.0 Å². The summed E-state index contributed by atoms with van der Waals surface area (Å²) in [6.45, 7) is 1.19. The molecule has 1 aliphatic rings. The van der Waals surface area contributed by atoms with Gasteiger partial charge in [-0.05, 0) is 49.2 Å². The third-order valence-electron chi connectivity index (χ3n) is 4.43. The molecule has 128 valence electrons. The van der Waals surface area contributed by atoms with Gasteiger partial charge in [0.15, 0.2) is 0 Å². The van der Waals surface area contributed by atoms with Crippen LogP contribution in [0.15, 0.2) is 47.1 Å². The molecular weight excluding hydrogens is 323 g/mol. The molecule has 2 aromatic heterocycles. The van der Waals surface area contributed by atoms with E-state index < -0.39 is 0 Å². The first kappa shape index (κ1) is 15.6. The summed E-state index contributed by atoms with van der Waals surface area (Å²) in [6.07, 6.45) is 3.55. The Bertz CT molecular complexity index is 858. The highest BCUT2D eigenvalue weighted by atomic mass is 19.1. The van der Waals surface area contributed by atoms with Crippen molar-refractivity contribution in [2.45, 2.75) is 18.8 Å². The lowest BCUT2D eigenvalue weighted by atomic mass is 9.97. The number of halogens is 1. The number of nitrogens with one attached hydrogen (secondary N) is 1. The van der Waals surface area contributed by atoms with E-state index in [2.05, 4.69) is 15.1 Å². The second-order valence-electron chi connectivity index (χ2n) is 6.14. The van der Waals surface area contributed by atoms with Gasteiger partial charge in [-0.1, -0.05) is 5.16 Å². The van der Waals surface area contributed by atoms with Crippen LogP contribution in [-0.2, 0) is 0 Å². The van der Waals surface area contributed by atoms with Gasteiger partial charge in [-0.3, -0.25) is 4.79 Å². The van der Waals surface area contributed by atoms with E-state index in [1.54, 1.807) is 11.1 Å². The normalized spacial score (nSPS) is 17.6. The Morgan fingerprint density at radius 1 is 1.28 bits per heavy atom. The Kier molecular flexibility index (Phi) is 4.05. The Labute approximate surface area is 143 Å². The highest BCUT2D eigenvalue weighted by molar-refractivity contribution is 5.94. The number of amides is 1. The van der Waals surface area contributed by atoms with E-state index >= 15 is 0 Å². The minimum absolute atomic E-state index is 0.00867. The van der Waals surface area contributed by atoms with Gasteiger partial charge in [0.05, 0.1) is 11.6 Å². The fourth-order valence-corrected chi connectivity index (χ4v) is 3.12. The van der Waals surface area contributed by atoms with E-state index in [9.17, 15) is 9.18 Å². The molecule has 0 spiro atoms. The Balaban J connectivity index is 1.49. The molecular formula is C18H17FN4O2. The van der Waals surface area contributed by atoms with Crippen LogP contribution < -0.4 is 0 Å². The van der Waals surface area contributed by atoms with Crippen molar-refractivity contribution in [2.75, 3.05) is 13.1 Å². The first-order valence-electron chi connectivity index (χ1n) is 8.23. The van der Waals surface area contributed by atoms with Crippen LogP contribution in [0.25, 0.3) is 11.5 Å². The first-order chi connectivity index (χ1) is 12.2. The molecule has 0 saturated carbocycles. The van der Waals surface area contributed by atoms with Gasteiger partial charge in [-0.25, -0.2) is 4.39 Å². The molecule has 1 unspecified atom stereocenters. The zero-order valence-electron chi connectivity index (χ0n) is 13.5. The minimum Gasteiger partial charge on any atom is -0.359 e. The molecule has 1 aliphatic heterocycles. The van der Waals surface area contributed by atoms with Gasteiger partial charge < -0.3 is 14.4 Å². The quantitative estimate of drug-likeness (QED) is 0.794. The molecule has 0 bridgehead atoms. The van der Waals surface area contributed by atoms with Crippen molar-refractivity contribution in [2.24, 2.45) is 0 Å². The smallest absolute Gasteiger partial charge is 0.253 e. The SMILES string of the molecule is O=C(c1ccc(F)cc1)N1CCCC(c2nc(-c3ccc[nH]3)no2)C1. The van der Waals surface area contributed by atoms with Gasteiger partial charge in [0.1, 0.15) is 5.82 Å².